The highest BCUT2D eigenvalue weighted by atomic mass is 35.5. The Hall–Kier alpha value is -2.57. The number of carbonyl (C=O) groups excluding carboxylic acids is 1. The van der Waals surface area contributed by atoms with Crippen molar-refractivity contribution >= 4 is 29.3 Å². The Morgan fingerprint density at radius 3 is 2.56 bits per heavy atom. The van der Waals surface area contributed by atoms with Gasteiger partial charge in [-0.1, -0.05) is 53.7 Å². The molecule has 27 heavy (non-hydrogen) atoms. The first-order chi connectivity index (χ1) is 13.2. The first-order valence-electron chi connectivity index (χ1n) is 8.33. The largest absolute Gasteiger partial charge is 0.497 e. The van der Waals surface area contributed by atoms with Gasteiger partial charge >= 0.3 is 0 Å². The van der Waals surface area contributed by atoms with E-state index in [1.807, 2.05) is 54.6 Å². The lowest BCUT2D eigenvalue weighted by Gasteiger charge is -2.09. The van der Waals surface area contributed by atoms with Crippen molar-refractivity contribution in [1.29, 1.82) is 0 Å². The highest BCUT2D eigenvalue weighted by molar-refractivity contribution is 7.99. The van der Waals surface area contributed by atoms with Gasteiger partial charge in [-0.25, -0.2) is 0 Å². The van der Waals surface area contributed by atoms with Crippen LogP contribution in [0.5, 0.6) is 5.75 Å². The molecular weight excluding hydrogens is 382 g/mol. The van der Waals surface area contributed by atoms with E-state index in [4.69, 9.17) is 16.3 Å². The number of rotatable bonds is 7. The van der Waals surface area contributed by atoms with E-state index in [0.29, 0.717) is 23.6 Å². The van der Waals surface area contributed by atoms with Gasteiger partial charge in [-0.15, -0.1) is 10.2 Å². The Labute approximate surface area is 167 Å². The van der Waals surface area contributed by atoms with Gasteiger partial charge in [0.15, 0.2) is 5.15 Å². The van der Waals surface area contributed by atoms with Crippen LogP contribution in [-0.2, 0) is 6.42 Å². The van der Waals surface area contributed by atoms with Crippen molar-refractivity contribution in [2.24, 2.45) is 0 Å². The lowest BCUT2D eigenvalue weighted by Crippen LogP contribution is -2.26. The molecule has 0 aliphatic rings. The third-order valence-electron chi connectivity index (χ3n) is 3.79. The van der Waals surface area contributed by atoms with E-state index in [-0.39, 0.29) is 11.1 Å². The standard InChI is InChI=1S/C20H18ClN3O2S/c1-26-15-9-7-14(8-10-15)11-12-22-19(25)17-13-18(21)23-24-20(17)27-16-5-3-2-4-6-16/h2-10,13H,11-12H2,1H3,(H,22,25). The number of ether oxygens (including phenoxy) is 1. The molecule has 3 aromatic rings. The zero-order chi connectivity index (χ0) is 19.1. The Kier molecular flexibility index (Phi) is 6.68. The molecule has 0 atom stereocenters. The van der Waals surface area contributed by atoms with Crippen LogP contribution in [0.2, 0.25) is 5.15 Å². The van der Waals surface area contributed by atoms with Crippen LogP contribution in [0.1, 0.15) is 15.9 Å². The molecule has 1 heterocycles. The molecule has 0 aliphatic heterocycles. The number of nitrogens with zero attached hydrogens (tertiary/aromatic N) is 2. The van der Waals surface area contributed by atoms with Gasteiger partial charge < -0.3 is 10.1 Å². The van der Waals surface area contributed by atoms with Crippen LogP contribution in [-0.4, -0.2) is 29.8 Å². The predicted octanol–water partition coefficient (Wildman–Crippen LogP) is 4.26. The molecular formula is C20H18ClN3O2S. The molecule has 1 N–H and O–H groups in total. The molecule has 1 aromatic heterocycles. The molecule has 0 bridgehead atoms. The van der Waals surface area contributed by atoms with Crippen molar-refractivity contribution in [2.75, 3.05) is 13.7 Å². The Morgan fingerprint density at radius 1 is 1.11 bits per heavy atom. The molecule has 2 aromatic carbocycles. The normalized spacial score (nSPS) is 10.4. The number of hydrogen-bond donors (Lipinski definition) is 1. The topological polar surface area (TPSA) is 64.1 Å². The van der Waals surface area contributed by atoms with Crippen molar-refractivity contribution in [3.05, 3.63) is 76.9 Å². The number of benzene rings is 2. The number of hydrogen-bond acceptors (Lipinski definition) is 5. The fraction of sp³-hybridized carbons (Fsp3) is 0.150. The fourth-order valence-corrected chi connectivity index (χ4v) is 3.41. The molecule has 1 amide bonds. The summed E-state index contributed by atoms with van der Waals surface area (Å²) in [5.74, 6) is 0.585. The molecule has 0 saturated heterocycles. The Balaban J connectivity index is 1.65. The number of nitrogens with one attached hydrogen (secondary N) is 1. The molecule has 138 valence electrons. The summed E-state index contributed by atoms with van der Waals surface area (Å²) in [6.45, 7) is 0.501. The van der Waals surface area contributed by atoms with Crippen molar-refractivity contribution in [1.82, 2.24) is 15.5 Å². The zero-order valence-electron chi connectivity index (χ0n) is 14.7. The first kappa shape index (κ1) is 19.2. The van der Waals surface area contributed by atoms with Crippen molar-refractivity contribution in [2.45, 2.75) is 16.3 Å². The van der Waals surface area contributed by atoms with Crippen LogP contribution in [0.25, 0.3) is 0 Å². The lowest BCUT2D eigenvalue weighted by atomic mass is 10.1. The third-order valence-corrected chi connectivity index (χ3v) is 4.98. The minimum atomic E-state index is -0.223. The van der Waals surface area contributed by atoms with Crippen molar-refractivity contribution in [3.63, 3.8) is 0 Å². The first-order valence-corrected chi connectivity index (χ1v) is 9.52. The van der Waals surface area contributed by atoms with Crippen LogP contribution < -0.4 is 10.1 Å². The van der Waals surface area contributed by atoms with Gasteiger partial charge in [0, 0.05) is 11.4 Å². The minimum Gasteiger partial charge on any atom is -0.497 e. The predicted molar refractivity (Wildman–Crippen MR) is 107 cm³/mol. The van der Waals surface area contributed by atoms with Gasteiger partial charge in [0.1, 0.15) is 10.8 Å². The van der Waals surface area contributed by atoms with E-state index in [0.717, 1.165) is 16.2 Å². The van der Waals surface area contributed by atoms with Gasteiger partial charge in [0.05, 0.1) is 12.7 Å². The van der Waals surface area contributed by atoms with Gasteiger partial charge in [0.25, 0.3) is 5.91 Å². The van der Waals surface area contributed by atoms with E-state index < -0.39 is 0 Å². The highest BCUT2D eigenvalue weighted by Crippen LogP contribution is 2.29. The monoisotopic (exact) mass is 399 g/mol. The fourth-order valence-electron chi connectivity index (χ4n) is 2.40. The quantitative estimate of drug-likeness (QED) is 0.643. The van der Waals surface area contributed by atoms with Crippen LogP contribution >= 0.6 is 23.4 Å². The van der Waals surface area contributed by atoms with Crippen molar-refractivity contribution in [3.8, 4) is 5.75 Å². The zero-order valence-corrected chi connectivity index (χ0v) is 16.3. The Bertz CT molecular complexity index is 905. The van der Waals surface area contributed by atoms with Crippen LogP contribution in [0.3, 0.4) is 0 Å². The molecule has 0 spiro atoms. The third kappa shape index (κ3) is 5.45. The van der Waals surface area contributed by atoms with Gasteiger partial charge in [0.2, 0.25) is 0 Å². The van der Waals surface area contributed by atoms with E-state index in [2.05, 4.69) is 15.5 Å². The van der Waals surface area contributed by atoms with Crippen LogP contribution in [0, 0.1) is 0 Å². The number of carbonyl (C=O) groups is 1. The molecule has 3 rings (SSSR count). The van der Waals surface area contributed by atoms with E-state index >= 15 is 0 Å². The van der Waals surface area contributed by atoms with Crippen molar-refractivity contribution < 1.29 is 9.53 Å². The summed E-state index contributed by atoms with van der Waals surface area (Å²) in [6.07, 6.45) is 0.711. The average molecular weight is 400 g/mol. The van der Waals surface area contributed by atoms with E-state index in [1.54, 1.807) is 13.2 Å². The number of amides is 1. The molecule has 5 nitrogen and oxygen atoms in total. The number of halogens is 1. The highest BCUT2D eigenvalue weighted by Gasteiger charge is 2.15. The van der Waals surface area contributed by atoms with Gasteiger partial charge in [-0.2, -0.15) is 0 Å². The van der Waals surface area contributed by atoms with Gasteiger partial charge in [-0.05, 0) is 42.3 Å². The summed E-state index contributed by atoms with van der Waals surface area (Å²) in [5.41, 5.74) is 1.53. The summed E-state index contributed by atoms with van der Waals surface area (Å²) in [5, 5.41) is 11.6. The second-order valence-electron chi connectivity index (χ2n) is 5.65. The van der Waals surface area contributed by atoms with Crippen LogP contribution in [0.4, 0.5) is 0 Å². The average Bonchev–Trinajstić information content (AvgIpc) is 2.70. The Morgan fingerprint density at radius 2 is 1.85 bits per heavy atom. The lowest BCUT2D eigenvalue weighted by molar-refractivity contribution is 0.0950. The summed E-state index contributed by atoms with van der Waals surface area (Å²) in [6, 6.07) is 19.0. The molecule has 0 unspecified atom stereocenters. The summed E-state index contributed by atoms with van der Waals surface area (Å²) < 4.78 is 5.15. The van der Waals surface area contributed by atoms with Crippen LogP contribution in [0.15, 0.2) is 70.6 Å². The maximum Gasteiger partial charge on any atom is 0.254 e. The summed E-state index contributed by atoms with van der Waals surface area (Å²) >= 11 is 7.33. The molecule has 0 aliphatic carbocycles. The van der Waals surface area contributed by atoms with Gasteiger partial charge in [-0.3, -0.25) is 4.79 Å². The van der Waals surface area contributed by atoms with E-state index in [9.17, 15) is 4.79 Å². The second kappa shape index (κ2) is 9.39. The maximum absolute atomic E-state index is 12.6. The molecule has 0 saturated carbocycles. The van der Waals surface area contributed by atoms with E-state index in [1.165, 1.54) is 11.8 Å². The SMILES string of the molecule is COc1ccc(CCNC(=O)c2cc(Cl)nnc2Sc2ccccc2)cc1. The smallest absolute Gasteiger partial charge is 0.254 e. The second-order valence-corrected chi connectivity index (χ2v) is 7.10. The summed E-state index contributed by atoms with van der Waals surface area (Å²) in [7, 11) is 1.63. The molecule has 0 fully saturated rings. The number of methoxy groups -OCH3 is 1. The molecule has 0 radical (unpaired) electrons. The summed E-state index contributed by atoms with van der Waals surface area (Å²) in [4.78, 5) is 13.6. The minimum absolute atomic E-state index is 0.188. The number of aromatic nitrogens is 2. The molecule has 7 heteroatoms. The maximum atomic E-state index is 12.6.